The lowest BCUT2D eigenvalue weighted by atomic mass is 9.92. The summed E-state index contributed by atoms with van der Waals surface area (Å²) >= 11 is 0. The molecule has 5 heteroatoms. The average molecular weight is 374 g/mol. The van der Waals surface area contributed by atoms with Gasteiger partial charge in [-0.3, -0.25) is 0 Å². The van der Waals surface area contributed by atoms with Crippen LogP contribution in [0.25, 0.3) is 11.4 Å². The quantitative estimate of drug-likeness (QED) is 0.688. The zero-order valence-corrected chi connectivity index (χ0v) is 16.1. The van der Waals surface area contributed by atoms with E-state index in [-0.39, 0.29) is 0 Å². The van der Waals surface area contributed by atoms with Crippen molar-refractivity contribution in [2.45, 2.75) is 31.5 Å². The number of hydrogen-bond donors (Lipinski definition) is 2. The van der Waals surface area contributed by atoms with Gasteiger partial charge in [0, 0.05) is 42.1 Å². The summed E-state index contributed by atoms with van der Waals surface area (Å²) < 4.78 is 5.59. The van der Waals surface area contributed by atoms with Crippen molar-refractivity contribution < 1.29 is 4.74 Å². The molecule has 1 fully saturated rings. The van der Waals surface area contributed by atoms with E-state index >= 15 is 0 Å². The highest BCUT2D eigenvalue weighted by molar-refractivity contribution is 5.58. The zero-order chi connectivity index (χ0) is 19.2. The van der Waals surface area contributed by atoms with Gasteiger partial charge in [-0.1, -0.05) is 30.3 Å². The molecule has 2 atom stereocenters. The molecule has 144 valence electrons. The summed E-state index contributed by atoms with van der Waals surface area (Å²) in [5, 5.41) is 7.43. The number of hydrogen-bond acceptors (Lipinski definition) is 5. The summed E-state index contributed by atoms with van der Waals surface area (Å²) in [6, 6.07) is 19.3. The number of rotatable bonds is 6. The lowest BCUT2D eigenvalue weighted by Crippen LogP contribution is -2.45. The molecular weight excluding hydrogens is 348 g/mol. The molecule has 1 saturated heterocycles. The Bertz CT molecular complexity index is 886. The second kappa shape index (κ2) is 8.95. The van der Waals surface area contributed by atoms with Gasteiger partial charge < -0.3 is 15.4 Å². The van der Waals surface area contributed by atoms with Crippen LogP contribution in [0, 0.1) is 0 Å². The minimum atomic E-state index is 0.321. The van der Waals surface area contributed by atoms with Crippen LogP contribution in [-0.2, 0) is 6.54 Å². The highest BCUT2D eigenvalue weighted by Crippen LogP contribution is 2.27. The Hall–Kier alpha value is -2.76. The summed E-state index contributed by atoms with van der Waals surface area (Å²) in [5.74, 6) is 1.61. The molecule has 0 spiro atoms. The normalized spacial score (nSPS) is 19.3. The van der Waals surface area contributed by atoms with E-state index in [1.807, 2.05) is 18.2 Å². The van der Waals surface area contributed by atoms with E-state index in [0.29, 0.717) is 12.1 Å². The van der Waals surface area contributed by atoms with Crippen molar-refractivity contribution in [2.24, 2.45) is 0 Å². The first kappa shape index (κ1) is 18.6. The zero-order valence-electron chi connectivity index (χ0n) is 16.1. The first-order valence-corrected chi connectivity index (χ1v) is 9.81. The molecule has 2 N–H and O–H groups in total. The second-order valence-corrected chi connectivity index (χ2v) is 7.07. The van der Waals surface area contributed by atoms with E-state index in [9.17, 15) is 0 Å². The van der Waals surface area contributed by atoms with Crippen LogP contribution in [0.15, 0.2) is 67.0 Å². The van der Waals surface area contributed by atoms with Crippen molar-refractivity contribution in [1.29, 1.82) is 0 Å². The Labute approximate surface area is 166 Å². The van der Waals surface area contributed by atoms with Gasteiger partial charge in [0.05, 0.1) is 7.11 Å². The number of methoxy groups -OCH3 is 1. The fourth-order valence-corrected chi connectivity index (χ4v) is 3.86. The minimum absolute atomic E-state index is 0.321. The van der Waals surface area contributed by atoms with Crippen LogP contribution in [-0.4, -0.2) is 29.7 Å². The van der Waals surface area contributed by atoms with E-state index in [2.05, 4.69) is 57.0 Å². The monoisotopic (exact) mass is 374 g/mol. The molecule has 4 rings (SSSR count). The highest BCUT2D eigenvalue weighted by Gasteiger charge is 2.25. The Balaban J connectivity index is 1.53. The van der Waals surface area contributed by atoms with Gasteiger partial charge in [0.2, 0.25) is 0 Å². The van der Waals surface area contributed by atoms with E-state index in [1.165, 1.54) is 12.0 Å². The predicted octanol–water partition coefficient (Wildman–Crippen LogP) is 3.74. The van der Waals surface area contributed by atoms with Crippen LogP contribution in [0.3, 0.4) is 0 Å². The predicted molar refractivity (Wildman–Crippen MR) is 111 cm³/mol. The summed E-state index contributed by atoms with van der Waals surface area (Å²) in [6.45, 7) is 1.79. The topological polar surface area (TPSA) is 59.1 Å². The average Bonchev–Trinajstić information content (AvgIpc) is 2.79. The molecule has 0 bridgehead atoms. The molecule has 0 radical (unpaired) electrons. The van der Waals surface area contributed by atoms with E-state index in [4.69, 9.17) is 4.74 Å². The largest absolute Gasteiger partial charge is 0.496 e. The molecule has 1 aromatic heterocycles. The molecule has 28 heavy (non-hydrogen) atoms. The molecule has 2 unspecified atom stereocenters. The molecule has 0 aliphatic carbocycles. The van der Waals surface area contributed by atoms with Gasteiger partial charge in [0.15, 0.2) is 5.82 Å². The third-order valence-corrected chi connectivity index (χ3v) is 5.28. The van der Waals surface area contributed by atoms with Crippen LogP contribution in [0.5, 0.6) is 5.75 Å². The van der Waals surface area contributed by atoms with Gasteiger partial charge >= 0.3 is 0 Å². The van der Waals surface area contributed by atoms with Gasteiger partial charge in [-0.25, -0.2) is 9.97 Å². The Morgan fingerprint density at radius 1 is 1.07 bits per heavy atom. The molecule has 0 amide bonds. The van der Waals surface area contributed by atoms with Crippen LogP contribution < -0.4 is 15.4 Å². The van der Waals surface area contributed by atoms with Crippen molar-refractivity contribution in [3.8, 4) is 17.1 Å². The van der Waals surface area contributed by atoms with Crippen molar-refractivity contribution >= 4 is 0 Å². The SMILES string of the molecule is COc1ccc(-c2ncccn2)cc1CNC1CCCNC1c1ccccc1. The van der Waals surface area contributed by atoms with Crippen molar-refractivity contribution in [3.63, 3.8) is 0 Å². The van der Waals surface area contributed by atoms with Crippen molar-refractivity contribution in [3.05, 3.63) is 78.1 Å². The van der Waals surface area contributed by atoms with E-state index in [0.717, 1.165) is 42.2 Å². The molecule has 0 saturated carbocycles. The minimum Gasteiger partial charge on any atom is -0.496 e. The molecule has 1 aliphatic rings. The van der Waals surface area contributed by atoms with Crippen LogP contribution >= 0.6 is 0 Å². The first-order chi connectivity index (χ1) is 13.8. The molecule has 3 aromatic rings. The molecular formula is C23H26N4O. The maximum absolute atomic E-state index is 5.59. The summed E-state index contributed by atoms with van der Waals surface area (Å²) in [6.07, 6.45) is 5.86. The van der Waals surface area contributed by atoms with Crippen LogP contribution in [0.4, 0.5) is 0 Å². The Kier molecular flexibility index (Phi) is 5.95. The third-order valence-electron chi connectivity index (χ3n) is 5.28. The molecule has 2 aromatic carbocycles. The third kappa shape index (κ3) is 4.21. The van der Waals surface area contributed by atoms with Crippen molar-refractivity contribution in [2.75, 3.05) is 13.7 Å². The maximum atomic E-state index is 5.59. The Morgan fingerprint density at radius 3 is 2.68 bits per heavy atom. The van der Waals surface area contributed by atoms with Gasteiger partial charge in [-0.2, -0.15) is 0 Å². The highest BCUT2D eigenvalue weighted by atomic mass is 16.5. The summed E-state index contributed by atoms with van der Waals surface area (Å²) in [5.41, 5.74) is 3.45. The van der Waals surface area contributed by atoms with Crippen molar-refractivity contribution in [1.82, 2.24) is 20.6 Å². The summed E-state index contributed by atoms with van der Waals surface area (Å²) in [7, 11) is 1.71. The molecule has 5 nitrogen and oxygen atoms in total. The summed E-state index contributed by atoms with van der Waals surface area (Å²) in [4.78, 5) is 8.73. The Morgan fingerprint density at radius 2 is 1.89 bits per heavy atom. The maximum Gasteiger partial charge on any atom is 0.159 e. The smallest absolute Gasteiger partial charge is 0.159 e. The van der Waals surface area contributed by atoms with Crippen LogP contribution in [0.1, 0.15) is 30.0 Å². The number of nitrogens with zero attached hydrogens (tertiary/aromatic N) is 2. The number of benzene rings is 2. The number of ether oxygens (including phenoxy) is 1. The first-order valence-electron chi connectivity index (χ1n) is 9.81. The number of aromatic nitrogens is 2. The standard InChI is InChI=1S/C23H26N4O/c1-28-21-11-10-18(23-25-13-6-14-26-23)15-19(21)16-27-20-9-5-12-24-22(20)17-7-3-2-4-8-17/h2-4,6-8,10-11,13-15,20,22,24,27H,5,9,12,16H2,1H3. The van der Waals surface area contributed by atoms with Gasteiger partial charge in [-0.15, -0.1) is 0 Å². The van der Waals surface area contributed by atoms with E-state index < -0.39 is 0 Å². The van der Waals surface area contributed by atoms with E-state index in [1.54, 1.807) is 19.5 Å². The molecule has 2 heterocycles. The lowest BCUT2D eigenvalue weighted by molar-refractivity contribution is 0.303. The fourth-order valence-electron chi connectivity index (χ4n) is 3.86. The van der Waals surface area contributed by atoms with Gasteiger partial charge in [0.1, 0.15) is 5.75 Å². The number of nitrogens with one attached hydrogen (secondary N) is 2. The lowest BCUT2D eigenvalue weighted by Gasteiger charge is -2.34. The second-order valence-electron chi connectivity index (χ2n) is 7.07. The van der Waals surface area contributed by atoms with Crippen LogP contribution in [0.2, 0.25) is 0 Å². The molecule has 1 aliphatic heterocycles. The van der Waals surface area contributed by atoms with Gasteiger partial charge in [0.25, 0.3) is 0 Å². The number of piperidine rings is 1. The van der Waals surface area contributed by atoms with Gasteiger partial charge in [-0.05, 0) is 49.2 Å². The fraction of sp³-hybridized carbons (Fsp3) is 0.304.